The maximum Gasteiger partial charge on any atom is 0.347 e. The van der Waals surface area contributed by atoms with E-state index in [2.05, 4.69) is 12.1 Å². The molecule has 0 amide bonds. The number of aliphatic hydroxyl groups is 1. The number of carbonyl (C=O) groups excluding carboxylic acids is 1. The summed E-state index contributed by atoms with van der Waals surface area (Å²) in [5.41, 5.74) is -1.13. The zero-order valence-electron chi connectivity index (χ0n) is 17.3. The molecule has 4 rings (SSSR count). The molecule has 0 aromatic heterocycles. The molecule has 0 radical (unpaired) electrons. The van der Waals surface area contributed by atoms with Gasteiger partial charge in [-0.05, 0) is 53.8 Å². The predicted molar refractivity (Wildman–Crippen MR) is 131 cm³/mol. The van der Waals surface area contributed by atoms with Crippen LogP contribution in [0.3, 0.4) is 0 Å². The summed E-state index contributed by atoms with van der Waals surface area (Å²) >= 11 is 17.7. The Balaban J connectivity index is 0.000000219. The van der Waals surface area contributed by atoms with Gasteiger partial charge < -0.3 is 9.84 Å². The van der Waals surface area contributed by atoms with Gasteiger partial charge in [0.1, 0.15) is 0 Å². The van der Waals surface area contributed by atoms with Gasteiger partial charge in [-0.15, -0.1) is 0 Å². The van der Waals surface area contributed by atoms with Gasteiger partial charge in [0.2, 0.25) is 5.60 Å². The van der Waals surface area contributed by atoms with E-state index in [9.17, 15) is 9.90 Å². The van der Waals surface area contributed by atoms with Gasteiger partial charge >= 0.3 is 5.97 Å². The predicted octanol–water partition coefficient (Wildman–Crippen LogP) is 7.29. The van der Waals surface area contributed by atoms with Crippen LogP contribution in [0.4, 0.5) is 0 Å². The Labute approximate surface area is 202 Å². The Kier molecular flexibility index (Phi) is 8.16. The summed E-state index contributed by atoms with van der Waals surface area (Å²) in [6.07, 6.45) is 0. The van der Waals surface area contributed by atoms with Crippen LogP contribution < -0.4 is 0 Å². The molecule has 0 saturated heterocycles. The molecule has 0 aliphatic carbocycles. The number of hydrogen-bond donors (Lipinski definition) is 1. The molecule has 0 aliphatic rings. The molecular weight excluding hydrogens is 467 g/mol. The Morgan fingerprint density at radius 3 is 1.78 bits per heavy atom. The van der Waals surface area contributed by atoms with Crippen molar-refractivity contribution in [1.29, 1.82) is 0 Å². The zero-order chi connectivity index (χ0) is 23.1. The van der Waals surface area contributed by atoms with Gasteiger partial charge in [-0.2, -0.15) is 0 Å². The lowest BCUT2D eigenvalue weighted by Crippen LogP contribution is -2.38. The highest BCUT2D eigenvalue weighted by molar-refractivity contribution is 6.35. The second kappa shape index (κ2) is 10.8. The van der Waals surface area contributed by atoms with Gasteiger partial charge in [0.25, 0.3) is 0 Å². The van der Waals surface area contributed by atoms with Gasteiger partial charge in [-0.1, -0.05) is 95.5 Å². The van der Waals surface area contributed by atoms with E-state index >= 15 is 0 Å². The van der Waals surface area contributed by atoms with E-state index < -0.39 is 11.6 Å². The van der Waals surface area contributed by atoms with Crippen LogP contribution in [-0.4, -0.2) is 17.7 Å². The normalized spacial score (nSPS) is 10.9. The summed E-state index contributed by atoms with van der Waals surface area (Å²) in [7, 11) is 0. The molecule has 0 spiro atoms. The molecule has 164 valence electrons. The fraction of sp³-hybridized carbons (Fsp3) is 0.115. The average molecular weight is 488 g/mol. The standard InChI is InChI=1S/C16H14Cl2O3.C10H7Cl/c1-2-21-15(19)16(20,11-3-7-13(17)8-4-11)12-5-9-14(18)10-6-12;11-10-7-3-5-8-4-1-2-6-9(8)10/h3-10,20H,2H2,1H3;1-7H. The van der Waals surface area contributed by atoms with Crippen LogP contribution in [0.15, 0.2) is 91.0 Å². The largest absolute Gasteiger partial charge is 0.463 e. The topological polar surface area (TPSA) is 46.5 Å². The fourth-order valence-electron chi connectivity index (χ4n) is 3.21. The Morgan fingerprint density at radius 2 is 1.28 bits per heavy atom. The van der Waals surface area contributed by atoms with Crippen LogP contribution in [0.1, 0.15) is 18.1 Å². The summed E-state index contributed by atoms with van der Waals surface area (Å²) in [5, 5.41) is 15.1. The lowest BCUT2D eigenvalue weighted by atomic mass is 9.86. The molecule has 0 heterocycles. The number of esters is 1. The highest BCUT2D eigenvalue weighted by Crippen LogP contribution is 2.32. The third-order valence-electron chi connectivity index (χ3n) is 4.83. The lowest BCUT2D eigenvalue weighted by molar-refractivity contribution is -0.161. The maximum absolute atomic E-state index is 12.3. The molecule has 0 fully saturated rings. The van der Waals surface area contributed by atoms with E-state index in [0.717, 1.165) is 10.4 Å². The van der Waals surface area contributed by atoms with Crippen molar-refractivity contribution in [2.75, 3.05) is 6.61 Å². The number of ether oxygens (including phenoxy) is 1. The molecule has 4 aromatic carbocycles. The molecule has 0 bridgehead atoms. The maximum atomic E-state index is 12.3. The Hall–Kier alpha value is -2.56. The van der Waals surface area contributed by atoms with Crippen molar-refractivity contribution in [3.05, 3.63) is 117 Å². The summed E-state index contributed by atoms with van der Waals surface area (Å²) in [4.78, 5) is 12.3. The molecule has 0 atom stereocenters. The third-order valence-corrected chi connectivity index (χ3v) is 5.66. The number of hydrogen-bond acceptors (Lipinski definition) is 3. The van der Waals surface area contributed by atoms with Crippen molar-refractivity contribution in [3.8, 4) is 0 Å². The van der Waals surface area contributed by atoms with Gasteiger partial charge in [0, 0.05) is 20.5 Å². The van der Waals surface area contributed by atoms with E-state index in [1.165, 1.54) is 5.39 Å². The monoisotopic (exact) mass is 486 g/mol. The Bertz CT molecular complexity index is 1140. The van der Waals surface area contributed by atoms with Crippen LogP contribution >= 0.6 is 34.8 Å². The molecular formula is C26H21Cl3O3. The summed E-state index contributed by atoms with van der Waals surface area (Å²) in [5.74, 6) is -0.741. The minimum Gasteiger partial charge on any atom is -0.463 e. The lowest BCUT2D eigenvalue weighted by Gasteiger charge is -2.27. The van der Waals surface area contributed by atoms with E-state index in [1.807, 2.05) is 30.3 Å². The molecule has 32 heavy (non-hydrogen) atoms. The van der Waals surface area contributed by atoms with E-state index in [0.29, 0.717) is 21.2 Å². The van der Waals surface area contributed by atoms with Crippen LogP contribution in [0.2, 0.25) is 15.1 Å². The molecule has 0 aliphatic heterocycles. The smallest absolute Gasteiger partial charge is 0.347 e. The first kappa shape index (κ1) is 24.1. The van der Waals surface area contributed by atoms with Crippen molar-refractivity contribution < 1.29 is 14.6 Å². The quantitative estimate of drug-likeness (QED) is 0.308. The van der Waals surface area contributed by atoms with Crippen molar-refractivity contribution in [1.82, 2.24) is 0 Å². The second-order valence-corrected chi connectivity index (χ2v) is 8.19. The van der Waals surface area contributed by atoms with Crippen molar-refractivity contribution in [2.45, 2.75) is 12.5 Å². The first-order valence-electron chi connectivity index (χ1n) is 9.91. The molecule has 1 N–H and O–H groups in total. The highest BCUT2D eigenvalue weighted by Gasteiger charge is 2.41. The molecule has 0 unspecified atom stereocenters. The first-order valence-corrected chi connectivity index (χ1v) is 11.0. The summed E-state index contributed by atoms with van der Waals surface area (Å²) in [6, 6.07) is 26.8. The van der Waals surface area contributed by atoms with Crippen molar-refractivity contribution in [2.24, 2.45) is 0 Å². The first-order chi connectivity index (χ1) is 15.4. The molecule has 0 saturated carbocycles. The SMILES string of the molecule is CCOC(=O)C(O)(c1ccc(Cl)cc1)c1ccc(Cl)cc1.Clc1cccc2ccccc12. The second-order valence-electron chi connectivity index (χ2n) is 6.91. The van der Waals surface area contributed by atoms with Crippen LogP contribution in [0, 0.1) is 0 Å². The highest BCUT2D eigenvalue weighted by atomic mass is 35.5. The summed E-state index contributed by atoms with van der Waals surface area (Å²) < 4.78 is 5.02. The Morgan fingerprint density at radius 1 is 0.781 bits per heavy atom. The zero-order valence-corrected chi connectivity index (χ0v) is 19.5. The third kappa shape index (κ3) is 5.43. The minimum atomic E-state index is -1.90. The van der Waals surface area contributed by atoms with Crippen LogP contribution in [-0.2, 0) is 15.1 Å². The van der Waals surface area contributed by atoms with E-state index in [-0.39, 0.29) is 6.61 Å². The summed E-state index contributed by atoms with van der Waals surface area (Å²) in [6.45, 7) is 1.85. The van der Waals surface area contributed by atoms with Crippen LogP contribution in [0.25, 0.3) is 10.8 Å². The van der Waals surface area contributed by atoms with Crippen molar-refractivity contribution in [3.63, 3.8) is 0 Å². The fourth-order valence-corrected chi connectivity index (χ4v) is 3.70. The van der Waals surface area contributed by atoms with E-state index in [1.54, 1.807) is 55.5 Å². The number of fused-ring (bicyclic) bond motifs is 1. The molecule has 6 heteroatoms. The number of rotatable bonds is 4. The minimum absolute atomic E-state index is 0.169. The van der Waals surface area contributed by atoms with Crippen LogP contribution in [0.5, 0.6) is 0 Å². The number of benzene rings is 4. The van der Waals surface area contributed by atoms with Gasteiger partial charge in [-0.25, -0.2) is 4.79 Å². The van der Waals surface area contributed by atoms with Gasteiger partial charge in [-0.3, -0.25) is 0 Å². The number of halogens is 3. The van der Waals surface area contributed by atoms with Crippen molar-refractivity contribution >= 4 is 51.5 Å². The van der Waals surface area contributed by atoms with E-state index in [4.69, 9.17) is 39.5 Å². The molecule has 4 aromatic rings. The number of carbonyl (C=O) groups is 1. The van der Waals surface area contributed by atoms with Gasteiger partial charge in [0.15, 0.2) is 0 Å². The average Bonchev–Trinajstić information content (AvgIpc) is 2.80. The van der Waals surface area contributed by atoms with Gasteiger partial charge in [0.05, 0.1) is 6.61 Å². The molecule has 3 nitrogen and oxygen atoms in total.